The number of Topliss-reactive ketones (excluding diaryl/α,β-unsaturated/α-hetero) is 1. The van der Waals surface area contributed by atoms with Gasteiger partial charge in [0.25, 0.3) is 11.7 Å². The van der Waals surface area contributed by atoms with Crippen molar-refractivity contribution in [3.05, 3.63) is 65.2 Å². The Kier molecular flexibility index (Phi) is 7.89. The van der Waals surface area contributed by atoms with Gasteiger partial charge in [0.1, 0.15) is 17.3 Å². The minimum Gasteiger partial charge on any atom is -0.507 e. The van der Waals surface area contributed by atoms with Crippen LogP contribution in [0.1, 0.15) is 37.4 Å². The van der Waals surface area contributed by atoms with Crippen molar-refractivity contribution in [2.75, 3.05) is 33.5 Å². The Labute approximate surface area is 188 Å². The van der Waals surface area contributed by atoms with Crippen LogP contribution < -0.4 is 9.47 Å². The van der Waals surface area contributed by atoms with Crippen molar-refractivity contribution in [1.29, 1.82) is 0 Å². The first-order chi connectivity index (χ1) is 15.5. The van der Waals surface area contributed by atoms with Crippen LogP contribution in [0.2, 0.25) is 0 Å². The Morgan fingerprint density at radius 1 is 1.03 bits per heavy atom. The molecule has 1 aliphatic rings. The molecule has 32 heavy (non-hydrogen) atoms. The molecule has 3 rings (SSSR count). The summed E-state index contributed by atoms with van der Waals surface area (Å²) in [6, 6.07) is 13.3. The number of benzene rings is 2. The summed E-state index contributed by atoms with van der Waals surface area (Å²) in [4.78, 5) is 27.5. The lowest BCUT2D eigenvalue weighted by Gasteiger charge is -2.25. The Morgan fingerprint density at radius 2 is 1.78 bits per heavy atom. The summed E-state index contributed by atoms with van der Waals surface area (Å²) in [6.07, 6.45) is 0.577. The second-order valence-corrected chi connectivity index (χ2v) is 7.28. The number of nitrogens with zero attached hydrogens (tertiary/aromatic N) is 1. The molecule has 0 aromatic heterocycles. The molecular formula is C25H29NO6. The van der Waals surface area contributed by atoms with E-state index in [4.69, 9.17) is 14.2 Å². The number of ketones is 1. The van der Waals surface area contributed by atoms with E-state index in [-0.39, 0.29) is 11.3 Å². The first-order valence-corrected chi connectivity index (χ1v) is 10.7. The predicted octanol–water partition coefficient (Wildman–Crippen LogP) is 3.94. The van der Waals surface area contributed by atoms with Crippen molar-refractivity contribution in [3.63, 3.8) is 0 Å². The van der Waals surface area contributed by atoms with E-state index in [1.807, 2.05) is 26.0 Å². The first-order valence-electron chi connectivity index (χ1n) is 10.7. The van der Waals surface area contributed by atoms with Gasteiger partial charge < -0.3 is 24.2 Å². The van der Waals surface area contributed by atoms with E-state index in [9.17, 15) is 14.7 Å². The molecule has 1 heterocycles. The van der Waals surface area contributed by atoms with Crippen LogP contribution in [0, 0.1) is 0 Å². The van der Waals surface area contributed by atoms with E-state index in [1.165, 1.54) is 12.0 Å². The van der Waals surface area contributed by atoms with Gasteiger partial charge in [-0.15, -0.1) is 0 Å². The van der Waals surface area contributed by atoms with Gasteiger partial charge in [-0.2, -0.15) is 0 Å². The van der Waals surface area contributed by atoms with Gasteiger partial charge in [0, 0.05) is 25.3 Å². The van der Waals surface area contributed by atoms with E-state index in [2.05, 4.69) is 0 Å². The Hall–Kier alpha value is -3.32. The highest BCUT2D eigenvalue weighted by Crippen LogP contribution is 2.40. The molecule has 7 nitrogen and oxygen atoms in total. The molecule has 0 spiro atoms. The lowest BCUT2D eigenvalue weighted by molar-refractivity contribution is -0.140. The van der Waals surface area contributed by atoms with Gasteiger partial charge in [-0.25, -0.2) is 0 Å². The molecule has 1 saturated heterocycles. The lowest BCUT2D eigenvalue weighted by atomic mass is 9.95. The molecule has 1 amide bonds. The molecule has 0 radical (unpaired) electrons. The minimum absolute atomic E-state index is 0.0591. The van der Waals surface area contributed by atoms with Crippen molar-refractivity contribution in [2.45, 2.75) is 26.3 Å². The fourth-order valence-corrected chi connectivity index (χ4v) is 3.78. The maximum Gasteiger partial charge on any atom is 0.295 e. The summed E-state index contributed by atoms with van der Waals surface area (Å²) < 4.78 is 16.1. The van der Waals surface area contributed by atoms with E-state index in [1.54, 1.807) is 36.4 Å². The molecule has 0 unspecified atom stereocenters. The van der Waals surface area contributed by atoms with Gasteiger partial charge in [-0.3, -0.25) is 9.59 Å². The van der Waals surface area contributed by atoms with E-state index in [0.717, 1.165) is 0 Å². The number of amides is 1. The standard InChI is InChI=1S/C25H29NO6/c1-4-31-15-7-14-26-22(17-10-12-19(13-11-17)32-5-2)21(24(28)25(26)29)23(27)18-8-6-9-20(16-18)30-3/h6,8-13,16,22,27H,4-5,7,14-15H2,1-3H3/t22-/m1/s1. The topological polar surface area (TPSA) is 85.3 Å². The van der Waals surface area contributed by atoms with Crippen LogP contribution in [-0.2, 0) is 14.3 Å². The SMILES string of the molecule is CCOCCCN1C(=O)C(=O)C(=C(O)c2cccc(OC)c2)[C@H]1c1ccc(OCC)cc1. The zero-order valence-electron chi connectivity index (χ0n) is 18.7. The normalized spacial score (nSPS) is 17.6. The molecular weight excluding hydrogens is 410 g/mol. The van der Waals surface area contributed by atoms with Crippen LogP contribution in [0.4, 0.5) is 0 Å². The highest BCUT2D eigenvalue weighted by atomic mass is 16.5. The summed E-state index contributed by atoms with van der Waals surface area (Å²) in [5.41, 5.74) is 1.19. The third-order valence-corrected chi connectivity index (χ3v) is 5.28. The number of aliphatic hydroxyl groups excluding tert-OH is 1. The van der Waals surface area contributed by atoms with Gasteiger partial charge in [0.2, 0.25) is 0 Å². The minimum atomic E-state index is -0.710. The molecule has 0 aliphatic carbocycles. The summed E-state index contributed by atoms with van der Waals surface area (Å²) in [5, 5.41) is 11.1. The number of carbonyl (C=O) groups excluding carboxylic acids is 2. The number of methoxy groups -OCH3 is 1. The molecule has 1 aliphatic heterocycles. The fourth-order valence-electron chi connectivity index (χ4n) is 3.78. The number of rotatable bonds is 10. The molecule has 170 valence electrons. The molecule has 2 aromatic carbocycles. The molecule has 0 saturated carbocycles. The van der Waals surface area contributed by atoms with Gasteiger partial charge in [-0.05, 0) is 50.1 Å². The molecule has 0 bridgehead atoms. The van der Waals surface area contributed by atoms with Gasteiger partial charge in [0.15, 0.2) is 0 Å². The van der Waals surface area contributed by atoms with Crippen molar-refractivity contribution in [2.24, 2.45) is 0 Å². The first kappa shape index (κ1) is 23.3. The number of hydrogen-bond donors (Lipinski definition) is 1. The predicted molar refractivity (Wildman–Crippen MR) is 121 cm³/mol. The van der Waals surface area contributed by atoms with Crippen LogP contribution in [0.25, 0.3) is 5.76 Å². The Bertz CT molecular complexity index is 982. The molecule has 1 atom stereocenters. The number of ether oxygens (including phenoxy) is 3. The van der Waals surface area contributed by atoms with E-state index in [0.29, 0.717) is 55.4 Å². The maximum absolute atomic E-state index is 13.0. The zero-order chi connectivity index (χ0) is 23.1. The number of likely N-dealkylation sites (tertiary alicyclic amines) is 1. The largest absolute Gasteiger partial charge is 0.507 e. The molecule has 1 N–H and O–H groups in total. The van der Waals surface area contributed by atoms with Crippen LogP contribution in [0.3, 0.4) is 0 Å². The van der Waals surface area contributed by atoms with E-state index < -0.39 is 17.7 Å². The highest BCUT2D eigenvalue weighted by molar-refractivity contribution is 6.46. The molecule has 1 fully saturated rings. The monoisotopic (exact) mass is 439 g/mol. The Morgan fingerprint density at radius 3 is 2.44 bits per heavy atom. The third-order valence-electron chi connectivity index (χ3n) is 5.28. The quantitative estimate of drug-likeness (QED) is 0.261. The van der Waals surface area contributed by atoms with Gasteiger partial charge in [0.05, 0.1) is 25.3 Å². The zero-order valence-corrected chi connectivity index (χ0v) is 18.7. The highest BCUT2D eigenvalue weighted by Gasteiger charge is 2.45. The fraction of sp³-hybridized carbons (Fsp3) is 0.360. The van der Waals surface area contributed by atoms with Crippen LogP contribution in [-0.4, -0.2) is 55.2 Å². The summed E-state index contributed by atoms with van der Waals surface area (Å²) in [7, 11) is 1.52. The van der Waals surface area contributed by atoms with Crippen molar-refractivity contribution < 1.29 is 28.9 Å². The lowest BCUT2D eigenvalue weighted by Crippen LogP contribution is -2.31. The summed E-state index contributed by atoms with van der Waals surface area (Å²) >= 11 is 0. The number of aliphatic hydroxyl groups is 1. The average Bonchev–Trinajstić information content (AvgIpc) is 3.07. The van der Waals surface area contributed by atoms with Crippen LogP contribution in [0.5, 0.6) is 11.5 Å². The van der Waals surface area contributed by atoms with Crippen molar-refractivity contribution >= 4 is 17.4 Å². The maximum atomic E-state index is 13.0. The van der Waals surface area contributed by atoms with Crippen LogP contribution >= 0.6 is 0 Å². The third kappa shape index (κ3) is 4.94. The average molecular weight is 440 g/mol. The number of carbonyl (C=O) groups is 2. The van der Waals surface area contributed by atoms with Crippen molar-refractivity contribution in [1.82, 2.24) is 4.90 Å². The summed E-state index contributed by atoms with van der Waals surface area (Å²) in [6.45, 7) is 5.72. The second-order valence-electron chi connectivity index (χ2n) is 7.28. The van der Waals surface area contributed by atoms with E-state index >= 15 is 0 Å². The van der Waals surface area contributed by atoms with Gasteiger partial charge in [-0.1, -0.05) is 24.3 Å². The Balaban J connectivity index is 2.05. The summed E-state index contributed by atoms with van der Waals surface area (Å²) in [5.74, 6) is -0.339. The number of hydrogen-bond acceptors (Lipinski definition) is 6. The second kappa shape index (κ2) is 10.8. The van der Waals surface area contributed by atoms with Crippen molar-refractivity contribution in [3.8, 4) is 11.5 Å². The molecule has 2 aromatic rings. The smallest absolute Gasteiger partial charge is 0.295 e. The van der Waals surface area contributed by atoms with Crippen LogP contribution in [0.15, 0.2) is 54.1 Å². The molecule has 7 heteroatoms. The van der Waals surface area contributed by atoms with Gasteiger partial charge >= 0.3 is 0 Å².